The van der Waals surface area contributed by atoms with Crippen LogP contribution in [0.15, 0.2) is 9.52 Å². The van der Waals surface area contributed by atoms with Crippen molar-refractivity contribution in [2.75, 3.05) is 39.3 Å². The lowest BCUT2D eigenvalue weighted by molar-refractivity contribution is 0.0683. The summed E-state index contributed by atoms with van der Waals surface area (Å²) < 4.78 is 10.8. The normalized spacial score (nSPS) is 19.4. The Morgan fingerprint density at radius 3 is 2.81 bits per heavy atom. The van der Waals surface area contributed by atoms with Gasteiger partial charge in [0, 0.05) is 32.3 Å². The van der Waals surface area contributed by atoms with Gasteiger partial charge in [-0.05, 0) is 40.3 Å². The van der Waals surface area contributed by atoms with Crippen molar-refractivity contribution in [2.45, 2.75) is 59.7 Å². The molecule has 0 amide bonds. The van der Waals surface area contributed by atoms with Crippen molar-refractivity contribution in [2.24, 2.45) is 4.99 Å². The molecule has 26 heavy (non-hydrogen) atoms. The van der Waals surface area contributed by atoms with Crippen molar-refractivity contribution in [1.82, 2.24) is 25.3 Å². The second kappa shape index (κ2) is 10.5. The summed E-state index contributed by atoms with van der Waals surface area (Å²) in [4.78, 5) is 13.9. The molecule has 0 bridgehead atoms. The molecule has 8 heteroatoms. The molecule has 1 aromatic rings. The van der Waals surface area contributed by atoms with E-state index in [1.54, 1.807) is 0 Å². The lowest BCUT2D eigenvalue weighted by Gasteiger charge is -2.27. The Labute approximate surface area is 157 Å². The summed E-state index contributed by atoms with van der Waals surface area (Å²) in [6.07, 6.45) is 1.01. The highest BCUT2D eigenvalue weighted by molar-refractivity contribution is 5.80. The molecule has 2 unspecified atom stereocenters. The standard InChI is InChI=1S/C18H34N6O2/c1-6-19-18(24-11-10-15(13-24)23(7-2)8-3)20-12-16-21-17(22-26-16)14(5)25-9-4/h14-15H,6-13H2,1-5H3,(H,19,20). The molecule has 2 heterocycles. The van der Waals surface area contributed by atoms with E-state index >= 15 is 0 Å². The molecule has 0 radical (unpaired) electrons. The topological polar surface area (TPSA) is 79.0 Å². The summed E-state index contributed by atoms with van der Waals surface area (Å²) >= 11 is 0. The Hall–Kier alpha value is -1.67. The minimum Gasteiger partial charge on any atom is -0.371 e. The van der Waals surface area contributed by atoms with E-state index in [2.05, 4.69) is 46.0 Å². The number of ether oxygens (including phenoxy) is 1. The average Bonchev–Trinajstić information content (AvgIpc) is 3.30. The van der Waals surface area contributed by atoms with Gasteiger partial charge >= 0.3 is 0 Å². The minimum atomic E-state index is -0.164. The van der Waals surface area contributed by atoms with E-state index in [9.17, 15) is 0 Å². The Bertz CT molecular complexity index is 558. The maximum absolute atomic E-state index is 5.50. The number of likely N-dealkylation sites (tertiary alicyclic amines) is 1. The van der Waals surface area contributed by atoms with E-state index in [1.807, 2.05) is 13.8 Å². The molecule has 1 N–H and O–H groups in total. The van der Waals surface area contributed by atoms with Gasteiger partial charge in [-0.25, -0.2) is 4.99 Å². The van der Waals surface area contributed by atoms with Gasteiger partial charge in [-0.1, -0.05) is 19.0 Å². The summed E-state index contributed by atoms with van der Waals surface area (Å²) in [5.41, 5.74) is 0. The third-order valence-electron chi connectivity index (χ3n) is 4.75. The van der Waals surface area contributed by atoms with Gasteiger partial charge in [0.1, 0.15) is 12.6 Å². The second-order valence-corrected chi connectivity index (χ2v) is 6.42. The van der Waals surface area contributed by atoms with Crippen LogP contribution in [0, 0.1) is 0 Å². The summed E-state index contributed by atoms with van der Waals surface area (Å²) in [5.74, 6) is 2.01. The molecule has 1 aromatic heterocycles. The van der Waals surface area contributed by atoms with Crippen LogP contribution < -0.4 is 5.32 Å². The van der Waals surface area contributed by atoms with Gasteiger partial charge in [0.05, 0.1) is 0 Å². The lowest BCUT2D eigenvalue weighted by atomic mass is 10.2. The fraction of sp³-hybridized carbons (Fsp3) is 0.833. The number of likely N-dealkylation sites (N-methyl/N-ethyl adjacent to an activating group) is 1. The van der Waals surface area contributed by atoms with Crippen LogP contribution in [0.1, 0.15) is 58.9 Å². The zero-order valence-corrected chi connectivity index (χ0v) is 16.9. The first-order valence-electron chi connectivity index (χ1n) is 9.84. The highest BCUT2D eigenvalue weighted by Crippen LogP contribution is 2.16. The van der Waals surface area contributed by atoms with E-state index < -0.39 is 0 Å². The summed E-state index contributed by atoms with van der Waals surface area (Å²) in [6.45, 7) is 16.4. The van der Waals surface area contributed by atoms with E-state index in [4.69, 9.17) is 14.3 Å². The number of hydrogen-bond acceptors (Lipinski definition) is 6. The first kappa shape index (κ1) is 20.6. The molecular weight excluding hydrogens is 332 g/mol. The molecule has 1 fully saturated rings. The summed E-state index contributed by atoms with van der Waals surface area (Å²) in [5, 5.41) is 7.38. The number of rotatable bonds is 9. The van der Waals surface area contributed by atoms with E-state index in [-0.39, 0.29) is 6.10 Å². The molecule has 1 aliphatic rings. The van der Waals surface area contributed by atoms with Crippen molar-refractivity contribution in [3.63, 3.8) is 0 Å². The summed E-state index contributed by atoms with van der Waals surface area (Å²) in [7, 11) is 0. The zero-order chi connectivity index (χ0) is 18.9. The highest BCUT2D eigenvalue weighted by atomic mass is 16.5. The van der Waals surface area contributed by atoms with E-state index in [1.165, 1.54) is 6.42 Å². The first-order chi connectivity index (χ1) is 12.6. The van der Waals surface area contributed by atoms with E-state index in [0.717, 1.165) is 38.7 Å². The van der Waals surface area contributed by atoms with Crippen molar-refractivity contribution in [3.8, 4) is 0 Å². The number of nitrogens with zero attached hydrogens (tertiary/aromatic N) is 5. The lowest BCUT2D eigenvalue weighted by Crippen LogP contribution is -2.43. The molecule has 2 atom stereocenters. The molecule has 8 nitrogen and oxygen atoms in total. The van der Waals surface area contributed by atoms with Gasteiger partial charge in [0.2, 0.25) is 5.89 Å². The van der Waals surface area contributed by atoms with Crippen LogP contribution in [0.5, 0.6) is 0 Å². The molecule has 0 spiro atoms. The third-order valence-corrected chi connectivity index (χ3v) is 4.75. The Kier molecular flexibility index (Phi) is 8.31. The average molecular weight is 367 g/mol. The van der Waals surface area contributed by atoms with Crippen LogP contribution in [0.4, 0.5) is 0 Å². The van der Waals surface area contributed by atoms with E-state index in [0.29, 0.717) is 30.9 Å². The van der Waals surface area contributed by atoms with Crippen LogP contribution in [-0.4, -0.2) is 71.3 Å². The van der Waals surface area contributed by atoms with Crippen LogP contribution in [0.3, 0.4) is 0 Å². The van der Waals surface area contributed by atoms with Crippen LogP contribution >= 0.6 is 0 Å². The molecule has 1 saturated heterocycles. The monoisotopic (exact) mass is 366 g/mol. The largest absolute Gasteiger partial charge is 0.371 e. The molecule has 1 aliphatic heterocycles. The van der Waals surface area contributed by atoms with Gasteiger partial charge in [0.25, 0.3) is 0 Å². The minimum absolute atomic E-state index is 0.164. The van der Waals surface area contributed by atoms with Gasteiger partial charge in [-0.2, -0.15) is 4.98 Å². The number of guanidine groups is 1. The number of hydrogen-bond donors (Lipinski definition) is 1. The van der Waals surface area contributed by atoms with Crippen LogP contribution in [-0.2, 0) is 11.3 Å². The molecule has 148 valence electrons. The van der Waals surface area contributed by atoms with Gasteiger partial charge in [-0.3, -0.25) is 4.90 Å². The molecular formula is C18H34N6O2. The third kappa shape index (κ3) is 5.41. The van der Waals surface area contributed by atoms with Crippen LogP contribution in [0.25, 0.3) is 0 Å². The second-order valence-electron chi connectivity index (χ2n) is 6.42. The summed E-state index contributed by atoms with van der Waals surface area (Å²) in [6, 6.07) is 0.593. The van der Waals surface area contributed by atoms with Gasteiger partial charge < -0.3 is 19.5 Å². The fourth-order valence-corrected chi connectivity index (χ4v) is 3.36. The maximum atomic E-state index is 5.50. The number of aliphatic imine (C=N–C) groups is 1. The first-order valence-corrected chi connectivity index (χ1v) is 9.84. The SMILES string of the molecule is CCNC(=NCc1nc(C(C)OCC)no1)N1CCC(N(CC)CC)C1. The Balaban J connectivity index is 1.99. The smallest absolute Gasteiger partial charge is 0.248 e. The molecule has 0 aliphatic carbocycles. The predicted octanol–water partition coefficient (Wildman–Crippen LogP) is 2.05. The molecule has 0 saturated carbocycles. The van der Waals surface area contributed by atoms with Crippen molar-refractivity contribution in [3.05, 3.63) is 11.7 Å². The van der Waals surface area contributed by atoms with Crippen molar-refractivity contribution >= 4 is 5.96 Å². The van der Waals surface area contributed by atoms with Gasteiger partial charge in [-0.15, -0.1) is 0 Å². The Morgan fingerprint density at radius 2 is 2.15 bits per heavy atom. The predicted molar refractivity (Wildman–Crippen MR) is 102 cm³/mol. The van der Waals surface area contributed by atoms with Crippen molar-refractivity contribution < 1.29 is 9.26 Å². The number of aromatic nitrogens is 2. The zero-order valence-electron chi connectivity index (χ0n) is 16.9. The van der Waals surface area contributed by atoms with Crippen molar-refractivity contribution in [1.29, 1.82) is 0 Å². The van der Waals surface area contributed by atoms with Gasteiger partial charge in [0.15, 0.2) is 11.8 Å². The fourth-order valence-electron chi connectivity index (χ4n) is 3.36. The number of nitrogens with one attached hydrogen (secondary N) is 1. The molecule has 0 aromatic carbocycles. The maximum Gasteiger partial charge on any atom is 0.248 e. The van der Waals surface area contributed by atoms with Crippen LogP contribution in [0.2, 0.25) is 0 Å². The Morgan fingerprint density at radius 1 is 1.38 bits per heavy atom. The molecule has 2 rings (SSSR count). The quantitative estimate of drug-likeness (QED) is 0.529. The highest BCUT2D eigenvalue weighted by Gasteiger charge is 2.28.